The number of rotatable bonds is 4. The molecule has 0 spiro atoms. The molecule has 0 bridgehead atoms. The number of phenols is 2. The van der Waals surface area contributed by atoms with Crippen molar-refractivity contribution in [1.29, 1.82) is 10.5 Å². The van der Waals surface area contributed by atoms with Crippen LogP contribution in [0.3, 0.4) is 0 Å². The van der Waals surface area contributed by atoms with E-state index in [4.69, 9.17) is 4.74 Å². The molecule has 0 aromatic heterocycles. The summed E-state index contributed by atoms with van der Waals surface area (Å²) in [4.78, 5) is 11.2. The Hall–Kier alpha value is -3.51. The van der Waals surface area contributed by atoms with Crippen LogP contribution in [0.4, 0.5) is 0 Å². The number of aromatic hydroxyl groups is 2. The summed E-state index contributed by atoms with van der Waals surface area (Å²) in [6.45, 7) is 1.70. The second-order valence-electron chi connectivity index (χ2n) is 5.02. The predicted molar refractivity (Wildman–Crippen MR) is 84.4 cm³/mol. The molecule has 0 amide bonds. The highest BCUT2D eigenvalue weighted by atomic mass is 16.5. The highest BCUT2D eigenvalue weighted by Crippen LogP contribution is 2.34. The number of carbonyl (C=O) groups excluding carboxylic acids is 1. The summed E-state index contributed by atoms with van der Waals surface area (Å²) in [7, 11) is 0. The van der Waals surface area contributed by atoms with E-state index in [0.29, 0.717) is 11.3 Å². The third kappa shape index (κ3) is 3.45. The fourth-order valence-electron chi connectivity index (χ4n) is 2.18. The van der Waals surface area contributed by atoms with Crippen LogP contribution in [-0.4, -0.2) is 16.2 Å². The number of benzene rings is 2. The van der Waals surface area contributed by atoms with Gasteiger partial charge in [-0.3, -0.25) is 4.79 Å². The van der Waals surface area contributed by atoms with E-state index >= 15 is 0 Å². The van der Waals surface area contributed by atoms with Gasteiger partial charge in [0.25, 0.3) is 0 Å². The van der Waals surface area contributed by atoms with Crippen LogP contribution in [-0.2, 0) is 11.2 Å². The second kappa shape index (κ2) is 7.17. The third-order valence-electron chi connectivity index (χ3n) is 3.44. The Morgan fingerprint density at radius 3 is 2.38 bits per heavy atom. The summed E-state index contributed by atoms with van der Waals surface area (Å²) in [6.07, 6.45) is 0.479. The Morgan fingerprint density at radius 2 is 1.83 bits per heavy atom. The van der Waals surface area contributed by atoms with Gasteiger partial charge in [-0.05, 0) is 23.3 Å². The lowest BCUT2D eigenvalue weighted by atomic mass is 9.94. The predicted octanol–water partition coefficient (Wildman–Crippen LogP) is 2.75. The van der Waals surface area contributed by atoms with Gasteiger partial charge in [0.05, 0.1) is 11.6 Å². The van der Waals surface area contributed by atoms with Crippen molar-refractivity contribution in [3.63, 3.8) is 0 Å². The normalized spacial score (nSPS) is 9.79. The first kappa shape index (κ1) is 16.9. The van der Waals surface area contributed by atoms with Gasteiger partial charge >= 0.3 is 5.97 Å². The molecule has 2 aromatic rings. The molecule has 0 aliphatic carbocycles. The van der Waals surface area contributed by atoms with Crippen molar-refractivity contribution in [1.82, 2.24) is 0 Å². The van der Waals surface area contributed by atoms with E-state index in [0.717, 1.165) is 11.6 Å². The Kier molecular flexibility index (Phi) is 5.03. The minimum absolute atomic E-state index is 0.114. The number of hydrogen-bond donors (Lipinski definition) is 2. The van der Waals surface area contributed by atoms with Crippen LogP contribution in [0.15, 0.2) is 30.3 Å². The van der Waals surface area contributed by atoms with Crippen molar-refractivity contribution in [2.24, 2.45) is 0 Å². The second-order valence-corrected chi connectivity index (χ2v) is 5.02. The topological polar surface area (TPSA) is 114 Å². The zero-order valence-electron chi connectivity index (χ0n) is 12.9. The lowest BCUT2D eigenvalue weighted by Crippen LogP contribution is -2.05. The van der Waals surface area contributed by atoms with Crippen LogP contribution in [0.2, 0.25) is 0 Å². The van der Waals surface area contributed by atoms with E-state index in [1.54, 1.807) is 31.2 Å². The van der Waals surface area contributed by atoms with Crippen molar-refractivity contribution in [2.45, 2.75) is 19.8 Å². The first-order valence-corrected chi connectivity index (χ1v) is 7.17. The molecule has 0 atom stereocenters. The van der Waals surface area contributed by atoms with Gasteiger partial charge in [-0.15, -0.1) is 0 Å². The Labute approximate surface area is 138 Å². The molecule has 2 N–H and O–H groups in total. The van der Waals surface area contributed by atoms with Gasteiger partial charge in [0, 0.05) is 18.9 Å². The van der Waals surface area contributed by atoms with Crippen LogP contribution in [0.25, 0.3) is 0 Å². The van der Waals surface area contributed by atoms with Crippen LogP contribution < -0.4 is 4.74 Å². The molecule has 0 aliphatic rings. The van der Waals surface area contributed by atoms with E-state index in [9.17, 15) is 25.5 Å². The minimum atomic E-state index is -0.542. The number of nitriles is 2. The highest BCUT2D eigenvalue weighted by molar-refractivity contribution is 5.71. The van der Waals surface area contributed by atoms with E-state index in [2.05, 4.69) is 0 Å². The number of phenolic OH excluding ortho intramolecular Hbond substituents is 2. The summed E-state index contributed by atoms with van der Waals surface area (Å²) in [6, 6.07) is 11.5. The number of ether oxygens (including phenoxy) is 1. The maximum absolute atomic E-state index is 11.2. The quantitative estimate of drug-likeness (QED) is 0.508. The van der Waals surface area contributed by atoms with Crippen molar-refractivity contribution < 1.29 is 19.7 Å². The molecule has 6 nitrogen and oxygen atoms in total. The maximum atomic E-state index is 11.2. The number of carbonyl (C=O) groups is 1. The summed E-state index contributed by atoms with van der Waals surface area (Å²) in [5, 5.41) is 37.8. The summed E-state index contributed by atoms with van der Waals surface area (Å²) >= 11 is 0. The Morgan fingerprint density at radius 1 is 1.17 bits per heavy atom. The Balaban J connectivity index is 2.35. The largest absolute Gasteiger partial charge is 0.504 e. The maximum Gasteiger partial charge on any atom is 0.310 e. The SMILES string of the molecule is CCC(=O)Oc1ccc(Cc2c(C#N)cc(O)c(O)c2C#N)cc1. The smallest absolute Gasteiger partial charge is 0.310 e. The average molecular weight is 322 g/mol. The lowest BCUT2D eigenvalue weighted by Gasteiger charge is -2.10. The van der Waals surface area contributed by atoms with Gasteiger partial charge in [0.2, 0.25) is 0 Å². The first-order chi connectivity index (χ1) is 11.5. The zero-order chi connectivity index (χ0) is 17.7. The molecule has 0 aliphatic heterocycles. The number of hydrogen-bond acceptors (Lipinski definition) is 6. The Bertz CT molecular complexity index is 859. The van der Waals surface area contributed by atoms with Crippen LogP contribution in [0.5, 0.6) is 17.2 Å². The summed E-state index contributed by atoms with van der Waals surface area (Å²) in [5.74, 6) is -0.987. The lowest BCUT2D eigenvalue weighted by molar-refractivity contribution is -0.134. The molecule has 0 unspecified atom stereocenters. The minimum Gasteiger partial charge on any atom is -0.504 e. The van der Waals surface area contributed by atoms with E-state index in [1.165, 1.54) is 0 Å². The number of esters is 1. The molecule has 0 heterocycles. The van der Waals surface area contributed by atoms with Crippen molar-refractivity contribution >= 4 is 5.97 Å². The van der Waals surface area contributed by atoms with Gasteiger partial charge in [0.15, 0.2) is 11.5 Å². The molecular weight excluding hydrogens is 308 g/mol. The van der Waals surface area contributed by atoms with E-state index in [-0.39, 0.29) is 29.9 Å². The third-order valence-corrected chi connectivity index (χ3v) is 3.44. The fraction of sp³-hybridized carbons (Fsp3) is 0.167. The highest BCUT2D eigenvalue weighted by Gasteiger charge is 2.17. The van der Waals surface area contributed by atoms with Crippen molar-refractivity contribution in [3.8, 4) is 29.4 Å². The first-order valence-electron chi connectivity index (χ1n) is 7.17. The molecular formula is C18H14N2O4. The summed E-state index contributed by atoms with van der Waals surface area (Å²) < 4.78 is 5.08. The monoisotopic (exact) mass is 322 g/mol. The standard InChI is InChI=1S/C18H14N2O4/c1-2-17(22)24-13-5-3-11(4-6-13)7-14-12(9-19)8-16(21)18(23)15(14)10-20/h3-6,8,21,23H,2,7H2,1H3. The van der Waals surface area contributed by atoms with E-state index in [1.807, 2.05) is 12.1 Å². The van der Waals surface area contributed by atoms with Gasteiger partial charge in [0.1, 0.15) is 17.4 Å². The van der Waals surface area contributed by atoms with Gasteiger partial charge in [-0.25, -0.2) is 0 Å². The van der Waals surface area contributed by atoms with Crippen molar-refractivity contribution in [3.05, 3.63) is 52.6 Å². The number of nitrogens with zero attached hydrogens (tertiary/aromatic N) is 2. The van der Waals surface area contributed by atoms with Gasteiger partial charge < -0.3 is 14.9 Å². The van der Waals surface area contributed by atoms with Crippen molar-refractivity contribution in [2.75, 3.05) is 0 Å². The molecule has 2 aromatic carbocycles. The van der Waals surface area contributed by atoms with Gasteiger partial charge in [-0.2, -0.15) is 10.5 Å². The van der Waals surface area contributed by atoms with Gasteiger partial charge in [-0.1, -0.05) is 19.1 Å². The molecule has 6 heteroatoms. The molecule has 24 heavy (non-hydrogen) atoms. The molecule has 120 valence electrons. The average Bonchev–Trinajstić information content (AvgIpc) is 2.59. The van der Waals surface area contributed by atoms with Crippen LogP contribution in [0.1, 0.15) is 35.6 Å². The van der Waals surface area contributed by atoms with Crippen LogP contribution >= 0.6 is 0 Å². The van der Waals surface area contributed by atoms with E-state index < -0.39 is 11.5 Å². The zero-order valence-corrected chi connectivity index (χ0v) is 12.9. The molecule has 2 rings (SSSR count). The fourth-order valence-corrected chi connectivity index (χ4v) is 2.18. The molecule has 0 saturated heterocycles. The molecule has 0 saturated carbocycles. The van der Waals surface area contributed by atoms with Crippen LogP contribution in [0, 0.1) is 22.7 Å². The molecule has 0 fully saturated rings. The molecule has 0 radical (unpaired) electrons. The summed E-state index contributed by atoms with van der Waals surface area (Å²) in [5.41, 5.74) is 1.06.